The van der Waals surface area contributed by atoms with Crippen molar-refractivity contribution in [3.05, 3.63) is 47.7 Å². The van der Waals surface area contributed by atoms with Crippen LogP contribution in [0.4, 0.5) is 0 Å². The van der Waals surface area contributed by atoms with Gasteiger partial charge in [-0.15, -0.1) is 0 Å². The number of carboxylic acids is 1. The van der Waals surface area contributed by atoms with Crippen LogP contribution in [0.15, 0.2) is 34.9 Å². The van der Waals surface area contributed by atoms with Gasteiger partial charge in [-0.1, -0.05) is 17.7 Å². The summed E-state index contributed by atoms with van der Waals surface area (Å²) in [5.41, 5.74) is 1.80. The monoisotopic (exact) mass is 261 g/mol. The zero-order valence-corrected chi connectivity index (χ0v) is 10.6. The summed E-state index contributed by atoms with van der Waals surface area (Å²) in [6.45, 7) is 2.24. The summed E-state index contributed by atoms with van der Waals surface area (Å²) in [6, 6.07) is 7.68. The fourth-order valence-electron chi connectivity index (χ4n) is 1.54. The Morgan fingerprint density at radius 2 is 2.11 bits per heavy atom. The van der Waals surface area contributed by atoms with Gasteiger partial charge in [-0.2, -0.15) is 0 Å². The molecule has 19 heavy (non-hydrogen) atoms. The zero-order chi connectivity index (χ0) is 13.7. The average molecular weight is 261 g/mol. The van der Waals surface area contributed by atoms with Crippen molar-refractivity contribution in [1.82, 2.24) is 4.98 Å². The lowest BCUT2D eigenvalue weighted by Crippen LogP contribution is -1.99. The molecule has 1 heterocycles. The molecule has 100 valence electrons. The summed E-state index contributed by atoms with van der Waals surface area (Å²) in [4.78, 5) is 14.6. The van der Waals surface area contributed by atoms with E-state index in [0.717, 1.165) is 5.75 Å². The van der Waals surface area contributed by atoms with Gasteiger partial charge in [-0.3, -0.25) is 4.79 Å². The lowest BCUT2D eigenvalue weighted by molar-refractivity contribution is -0.136. The number of ether oxygens (including phenoxy) is 1. The highest BCUT2D eigenvalue weighted by atomic mass is 16.5. The molecule has 0 amide bonds. The van der Waals surface area contributed by atoms with Gasteiger partial charge < -0.3 is 14.3 Å². The van der Waals surface area contributed by atoms with Crippen molar-refractivity contribution in [3.63, 3.8) is 0 Å². The predicted octanol–water partition coefficient (Wildman–Crippen LogP) is 2.58. The van der Waals surface area contributed by atoms with E-state index in [1.807, 2.05) is 31.2 Å². The van der Waals surface area contributed by atoms with Gasteiger partial charge >= 0.3 is 5.97 Å². The Bertz CT molecular complexity index is 545. The number of carbonyl (C=O) groups is 1. The second kappa shape index (κ2) is 6.04. The van der Waals surface area contributed by atoms with Crippen LogP contribution < -0.4 is 4.74 Å². The molecule has 0 radical (unpaired) electrons. The van der Waals surface area contributed by atoms with Crippen LogP contribution in [0.5, 0.6) is 5.75 Å². The largest absolute Gasteiger partial charge is 0.484 e. The molecular weight excluding hydrogens is 246 g/mol. The summed E-state index contributed by atoms with van der Waals surface area (Å²) in [5, 5.41) is 8.57. The SMILES string of the molecule is Cc1ccc(OCc2nc(CCC(=O)O)co2)cc1. The van der Waals surface area contributed by atoms with E-state index in [-0.39, 0.29) is 13.0 Å². The van der Waals surface area contributed by atoms with E-state index < -0.39 is 5.97 Å². The topological polar surface area (TPSA) is 72.6 Å². The number of hydrogen-bond acceptors (Lipinski definition) is 4. The molecule has 0 saturated heterocycles. The molecule has 0 aliphatic heterocycles. The third-order valence-corrected chi connectivity index (χ3v) is 2.58. The van der Waals surface area contributed by atoms with Crippen molar-refractivity contribution >= 4 is 5.97 Å². The minimum absolute atomic E-state index is 0.0464. The fourth-order valence-corrected chi connectivity index (χ4v) is 1.54. The second-order valence-corrected chi connectivity index (χ2v) is 4.23. The van der Waals surface area contributed by atoms with Gasteiger partial charge in [0, 0.05) is 6.42 Å². The Morgan fingerprint density at radius 3 is 2.79 bits per heavy atom. The van der Waals surface area contributed by atoms with E-state index in [1.54, 1.807) is 0 Å². The Morgan fingerprint density at radius 1 is 1.37 bits per heavy atom. The predicted molar refractivity (Wildman–Crippen MR) is 68.0 cm³/mol. The average Bonchev–Trinajstić information content (AvgIpc) is 2.84. The minimum Gasteiger partial charge on any atom is -0.484 e. The maximum absolute atomic E-state index is 10.4. The van der Waals surface area contributed by atoms with Gasteiger partial charge in [0.2, 0.25) is 5.89 Å². The highest BCUT2D eigenvalue weighted by Crippen LogP contribution is 2.14. The van der Waals surface area contributed by atoms with Crippen LogP contribution in [0.1, 0.15) is 23.6 Å². The van der Waals surface area contributed by atoms with Crippen molar-refractivity contribution in [2.75, 3.05) is 0 Å². The normalized spacial score (nSPS) is 10.4. The van der Waals surface area contributed by atoms with Crippen molar-refractivity contribution in [1.29, 1.82) is 0 Å². The summed E-state index contributed by atoms with van der Waals surface area (Å²) in [7, 11) is 0. The van der Waals surface area contributed by atoms with Gasteiger partial charge in [-0.25, -0.2) is 4.98 Å². The number of benzene rings is 1. The van der Waals surface area contributed by atoms with Crippen LogP contribution >= 0.6 is 0 Å². The first kappa shape index (κ1) is 13.1. The van der Waals surface area contributed by atoms with Crippen LogP contribution in [-0.2, 0) is 17.8 Å². The quantitative estimate of drug-likeness (QED) is 0.865. The van der Waals surface area contributed by atoms with Gasteiger partial charge in [0.05, 0.1) is 12.1 Å². The van der Waals surface area contributed by atoms with Gasteiger partial charge in [0.25, 0.3) is 0 Å². The molecule has 0 spiro atoms. The maximum Gasteiger partial charge on any atom is 0.303 e. The third-order valence-electron chi connectivity index (χ3n) is 2.58. The molecule has 0 bridgehead atoms. The van der Waals surface area contributed by atoms with Gasteiger partial charge in [-0.05, 0) is 19.1 Å². The van der Waals surface area contributed by atoms with E-state index in [4.69, 9.17) is 14.3 Å². The van der Waals surface area contributed by atoms with Crippen LogP contribution in [0.2, 0.25) is 0 Å². The number of aryl methyl sites for hydroxylation is 2. The number of nitrogens with zero attached hydrogens (tertiary/aromatic N) is 1. The highest BCUT2D eigenvalue weighted by molar-refractivity contribution is 5.66. The Hall–Kier alpha value is -2.30. The van der Waals surface area contributed by atoms with Crippen molar-refractivity contribution in [3.8, 4) is 5.75 Å². The standard InChI is InChI=1S/C14H15NO4/c1-10-2-5-12(6-3-10)18-9-13-15-11(8-19-13)4-7-14(16)17/h2-3,5-6,8H,4,7,9H2,1H3,(H,16,17). The lowest BCUT2D eigenvalue weighted by atomic mass is 10.2. The molecule has 0 aliphatic rings. The first-order valence-corrected chi connectivity index (χ1v) is 5.98. The first-order valence-electron chi connectivity index (χ1n) is 5.98. The molecule has 0 fully saturated rings. The van der Waals surface area contributed by atoms with Crippen LogP contribution in [0, 0.1) is 6.92 Å². The third kappa shape index (κ3) is 4.13. The smallest absolute Gasteiger partial charge is 0.303 e. The van der Waals surface area contributed by atoms with Crippen molar-refractivity contribution in [2.24, 2.45) is 0 Å². The van der Waals surface area contributed by atoms with Crippen molar-refractivity contribution in [2.45, 2.75) is 26.4 Å². The Labute approximate surface area is 110 Å². The Balaban J connectivity index is 1.86. The van der Waals surface area contributed by atoms with Crippen LogP contribution in [0.3, 0.4) is 0 Å². The molecule has 1 aromatic carbocycles. The molecule has 0 saturated carbocycles. The molecule has 5 nitrogen and oxygen atoms in total. The summed E-state index contributed by atoms with van der Waals surface area (Å²) < 4.78 is 10.7. The molecule has 5 heteroatoms. The molecule has 0 atom stereocenters. The highest BCUT2D eigenvalue weighted by Gasteiger charge is 2.06. The molecule has 0 aliphatic carbocycles. The second-order valence-electron chi connectivity index (χ2n) is 4.23. The number of carboxylic acid groups (broad SMARTS) is 1. The van der Waals surface area contributed by atoms with Crippen LogP contribution in [-0.4, -0.2) is 16.1 Å². The first-order chi connectivity index (χ1) is 9.13. The molecule has 1 N–H and O–H groups in total. The number of aromatic nitrogens is 1. The van der Waals surface area contributed by atoms with Crippen LogP contribution in [0.25, 0.3) is 0 Å². The molecule has 0 unspecified atom stereocenters. The van der Waals surface area contributed by atoms with Gasteiger partial charge in [0.1, 0.15) is 12.0 Å². The number of rotatable bonds is 6. The van der Waals surface area contributed by atoms with E-state index in [9.17, 15) is 4.79 Å². The van der Waals surface area contributed by atoms with E-state index in [2.05, 4.69) is 4.98 Å². The summed E-state index contributed by atoms with van der Waals surface area (Å²) >= 11 is 0. The summed E-state index contributed by atoms with van der Waals surface area (Å²) in [5.74, 6) is 0.345. The molecule has 1 aromatic heterocycles. The molecule has 2 rings (SSSR count). The Kier molecular flexibility index (Phi) is 4.18. The van der Waals surface area contributed by atoms with E-state index in [0.29, 0.717) is 18.0 Å². The number of aliphatic carboxylic acids is 1. The summed E-state index contributed by atoms with van der Waals surface area (Å²) in [6.07, 6.45) is 1.88. The molecule has 2 aromatic rings. The van der Waals surface area contributed by atoms with Crippen molar-refractivity contribution < 1.29 is 19.1 Å². The fraction of sp³-hybridized carbons (Fsp3) is 0.286. The minimum atomic E-state index is -0.847. The van der Waals surface area contributed by atoms with E-state index >= 15 is 0 Å². The number of oxazole rings is 1. The maximum atomic E-state index is 10.4. The van der Waals surface area contributed by atoms with Gasteiger partial charge in [0.15, 0.2) is 6.61 Å². The lowest BCUT2D eigenvalue weighted by Gasteiger charge is -2.03. The van der Waals surface area contributed by atoms with E-state index in [1.165, 1.54) is 11.8 Å². The number of hydrogen-bond donors (Lipinski definition) is 1. The zero-order valence-electron chi connectivity index (χ0n) is 10.6. The molecular formula is C14H15NO4.